The molecule has 2 unspecified atom stereocenters. The van der Waals surface area contributed by atoms with Gasteiger partial charge in [-0.1, -0.05) is 24.3 Å². The molecule has 4 atom stereocenters. The van der Waals surface area contributed by atoms with Crippen LogP contribution in [-0.4, -0.2) is 48.3 Å². The molecule has 0 spiro atoms. The molecule has 2 saturated heterocycles. The predicted molar refractivity (Wildman–Crippen MR) is 68.7 cm³/mol. The fraction of sp³-hybridized carbons (Fsp3) is 0.714. The molecule has 3 aliphatic rings. The van der Waals surface area contributed by atoms with Gasteiger partial charge >= 0.3 is 0 Å². The van der Waals surface area contributed by atoms with Crippen LogP contribution >= 0.6 is 0 Å². The predicted octanol–water partition coefficient (Wildman–Crippen LogP) is 0.773. The number of aliphatic hydroxyl groups excluding tert-OH is 1. The summed E-state index contributed by atoms with van der Waals surface area (Å²) < 4.78 is 0. The van der Waals surface area contributed by atoms with E-state index in [0.29, 0.717) is 12.0 Å². The van der Waals surface area contributed by atoms with E-state index in [2.05, 4.69) is 34.5 Å². The number of rotatable bonds is 1. The Balaban J connectivity index is 1.65. The second-order valence-corrected chi connectivity index (χ2v) is 5.51. The molecule has 0 radical (unpaired) electrons. The Hall–Kier alpha value is -0.640. The number of hydrogen-bond donors (Lipinski definition) is 2. The first-order valence-corrected chi connectivity index (χ1v) is 6.82. The molecule has 2 aliphatic heterocycles. The minimum absolute atomic E-state index is 0.191. The summed E-state index contributed by atoms with van der Waals surface area (Å²) in [6.07, 6.45) is 11.2. The highest BCUT2D eigenvalue weighted by Gasteiger charge is 2.34. The fourth-order valence-corrected chi connectivity index (χ4v) is 3.44. The zero-order valence-electron chi connectivity index (χ0n) is 10.3. The molecule has 0 saturated carbocycles. The molecule has 0 aromatic rings. The summed E-state index contributed by atoms with van der Waals surface area (Å²) in [5.74, 6) is 1.39. The standard InChI is InChI=1S/C14H22N2O/c17-14-9-15-7-5-13(14)16-8-6-11-3-1-2-4-12(11)10-16/h1-4,11-15,17H,5-10H2/t11?,12?,13-,14-/m0/s1. The molecule has 17 heavy (non-hydrogen) atoms. The van der Waals surface area contributed by atoms with Crippen molar-refractivity contribution in [2.45, 2.75) is 25.0 Å². The van der Waals surface area contributed by atoms with Gasteiger partial charge < -0.3 is 10.4 Å². The molecule has 2 fully saturated rings. The van der Waals surface area contributed by atoms with Crippen molar-refractivity contribution in [1.29, 1.82) is 0 Å². The zero-order chi connectivity index (χ0) is 11.7. The van der Waals surface area contributed by atoms with Crippen LogP contribution in [0, 0.1) is 11.8 Å². The molecule has 3 nitrogen and oxygen atoms in total. The third-order valence-corrected chi connectivity index (χ3v) is 4.46. The fourth-order valence-electron chi connectivity index (χ4n) is 3.44. The lowest BCUT2D eigenvalue weighted by Crippen LogP contribution is -2.56. The summed E-state index contributed by atoms with van der Waals surface area (Å²) in [6, 6.07) is 0.372. The van der Waals surface area contributed by atoms with Crippen molar-refractivity contribution >= 4 is 0 Å². The molecule has 1 aliphatic carbocycles. The van der Waals surface area contributed by atoms with Crippen LogP contribution in [0.15, 0.2) is 24.3 Å². The zero-order valence-corrected chi connectivity index (χ0v) is 10.3. The van der Waals surface area contributed by atoms with Crippen molar-refractivity contribution in [2.75, 3.05) is 26.2 Å². The Kier molecular flexibility index (Phi) is 3.32. The monoisotopic (exact) mass is 234 g/mol. The molecule has 0 aromatic heterocycles. The van der Waals surface area contributed by atoms with Crippen LogP contribution in [0.1, 0.15) is 12.8 Å². The number of allylic oxidation sites excluding steroid dienone is 3. The van der Waals surface area contributed by atoms with Crippen molar-refractivity contribution in [3.8, 4) is 0 Å². The van der Waals surface area contributed by atoms with E-state index in [-0.39, 0.29) is 6.10 Å². The number of piperidine rings is 2. The minimum atomic E-state index is -0.191. The maximum atomic E-state index is 10.1. The van der Waals surface area contributed by atoms with Crippen molar-refractivity contribution < 1.29 is 5.11 Å². The average molecular weight is 234 g/mol. The molecular formula is C14H22N2O. The van der Waals surface area contributed by atoms with Crippen molar-refractivity contribution in [1.82, 2.24) is 10.2 Å². The van der Waals surface area contributed by atoms with Gasteiger partial charge in [-0.25, -0.2) is 0 Å². The van der Waals surface area contributed by atoms with Gasteiger partial charge in [0.2, 0.25) is 0 Å². The number of likely N-dealkylation sites (tertiary alicyclic amines) is 1. The summed E-state index contributed by atoms with van der Waals surface area (Å²) in [4.78, 5) is 2.51. The maximum Gasteiger partial charge on any atom is 0.0819 e. The van der Waals surface area contributed by atoms with E-state index in [4.69, 9.17) is 0 Å². The Morgan fingerprint density at radius 3 is 2.76 bits per heavy atom. The number of fused-ring (bicyclic) bond motifs is 1. The number of hydrogen-bond acceptors (Lipinski definition) is 3. The van der Waals surface area contributed by atoms with Crippen LogP contribution in [0.5, 0.6) is 0 Å². The minimum Gasteiger partial charge on any atom is -0.390 e. The highest BCUT2D eigenvalue weighted by Crippen LogP contribution is 2.30. The van der Waals surface area contributed by atoms with Crippen molar-refractivity contribution in [3.05, 3.63) is 24.3 Å². The number of nitrogens with zero attached hydrogens (tertiary/aromatic N) is 1. The lowest BCUT2D eigenvalue weighted by Gasteiger charge is -2.44. The van der Waals surface area contributed by atoms with E-state index in [9.17, 15) is 5.11 Å². The quantitative estimate of drug-likeness (QED) is 0.703. The van der Waals surface area contributed by atoms with Crippen LogP contribution < -0.4 is 5.32 Å². The molecular weight excluding hydrogens is 212 g/mol. The van der Waals surface area contributed by atoms with E-state index in [0.717, 1.165) is 38.5 Å². The molecule has 0 amide bonds. The summed E-state index contributed by atoms with van der Waals surface area (Å²) in [5, 5.41) is 13.3. The van der Waals surface area contributed by atoms with E-state index in [1.165, 1.54) is 6.42 Å². The van der Waals surface area contributed by atoms with Gasteiger partial charge in [0.1, 0.15) is 0 Å². The molecule has 3 rings (SSSR count). The summed E-state index contributed by atoms with van der Waals surface area (Å²) >= 11 is 0. The lowest BCUT2D eigenvalue weighted by molar-refractivity contribution is 0.00594. The first-order valence-electron chi connectivity index (χ1n) is 6.82. The summed E-state index contributed by atoms with van der Waals surface area (Å²) in [7, 11) is 0. The van der Waals surface area contributed by atoms with Gasteiger partial charge in [0, 0.05) is 19.1 Å². The maximum absolute atomic E-state index is 10.1. The second-order valence-electron chi connectivity index (χ2n) is 5.51. The Labute approximate surface area is 103 Å². The Morgan fingerprint density at radius 2 is 1.94 bits per heavy atom. The summed E-state index contributed by atoms with van der Waals surface area (Å²) in [6.45, 7) is 4.06. The third-order valence-electron chi connectivity index (χ3n) is 4.46. The number of β-amino-alcohol motifs (C(OH)–C–C–N with tert-alkyl or cyclic N) is 1. The molecule has 0 aromatic carbocycles. The van der Waals surface area contributed by atoms with Gasteiger partial charge in [-0.3, -0.25) is 4.90 Å². The highest BCUT2D eigenvalue weighted by molar-refractivity contribution is 5.16. The molecule has 3 heteroatoms. The van der Waals surface area contributed by atoms with Crippen LogP contribution in [0.3, 0.4) is 0 Å². The van der Waals surface area contributed by atoms with Crippen molar-refractivity contribution in [3.63, 3.8) is 0 Å². The lowest BCUT2D eigenvalue weighted by atomic mass is 9.81. The van der Waals surface area contributed by atoms with Crippen LogP contribution in [0.25, 0.3) is 0 Å². The smallest absolute Gasteiger partial charge is 0.0819 e. The van der Waals surface area contributed by atoms with Gasteiger partial charge in [0.25, 0.3) is 0 Å². The SMILES string of the molecule is O[C@H]1CNCC[C@@H]1N1CCC2C=CC=CC2C1. The largest absolute Gasteiger partial charge is 0.390 e. The molecule has 2 N–H and O–H groups in total. The van der Waals surface area contributed by atoms with Crippen LogP contribution in [0.4, 0.5) is 0 Å². The van der Waals surface area contributed by atoms with Gasteiger partial charge in [0.15, 0.2) is 0 Å². The normalized spacial score (nSPS) is 42.4. The number of aliphatic hydroxyl groups is 1. The van der Waals surface area contributed by atoms with E-state index >= 15 is 0 Å². The molecule has 0 bridgehead atoms. The van der Waals surface area contributed by atoms with E-state index in [1.807, 2.05) is 0 Å². The summed E-state index contributed by atoms with van der Waals surface area (Å²) in [5.41, 5.74) is 0. The second kappa shape index (κ2) is 4.92. The number of nitrogens with one attached hydrogen (secondary N) is 1. The van der Waals surface area contributed by atoms with Gasteiger partial charge in [0.05, 0.1) is 6.10 Å². The van der Waals surface area contributed by atoms with Crippen LogP contribution in [0.2, 0.25) is 0 Å². The van der Waals surface area contributed by atoms with Gasteiger partial charge in [-0.05, 0) is 37.8 Å². The topological polar surface area (TPSA) is 35.5 Å². The first-order chi connectivity index (χ1) is 8.34. The Bertz CT molecular complexity index is 326. The third kappa shape index (κ3) is 2.32. The van der Waals surface area contributed by atoms with Crippen LogP contribution in [-0.2, 0) is 0 Å². The van der Waals surface area contributed by atoms with E-state index < -0.39 is 0 Å². The van der Waals surface area contributed by atoms with Gasteiger partial charge in [-0.15, -0.1) is 0 Å². The highest BCUT2D eigenvalue weighted by atomic mass is 16.3. The molecule has 2 heterocycles. The van der Waals surface area contributed by atoms with Crippen molar-refractivity contribution in [2.24, 2.45) is 11.8 Å². The Morgan fingerprint density at radius 1 is 1.12 bits per heavy atom. The first kappa shape index (κ1) is 11.5. The van der Waals surface area contributed by atoms with Gasteiger partial charge in [-0.2, -0.15) is 0 Å². The average Bonchev–Trinajstić information content (AvgIpc) is 2.39. The molecule has 94 valence electrons. The van der Waals surface area contributed by atoms with E-state index in [1.54, 1.807) is 0 Å².